The van der Waals surface area contributed by atoms with Crippen molar-refractivity contribution in [1.29, 1.82) is 0 Å². The molecule has 1 amide bonds. The molecule has 134 valence electrons. The van der Waals surface area contributed by atoms with Crippen molar-refractivity contribution in [3.63, 3.8) is 0 Å². The molecule has 1 heterocycles. The number of methoxy groups -OCH3 is 1. The van der Waals surface area contributed by atoms with Crippen molar-refractivity contribution < 1.29 is 17.9 Å². The Balaban J connectivity index is 2.37. The molecule has 7 nitrogen and oxygen atoms in total. The first-order valence-corrected chi connectivity index (χ1v) is 9.49. The third-order valence-corrected chi connectivity index (χ3v) is 6.17. The van der Waals surface area contributed by atoms with E-state index in [4.69, 9.17) is 10.5 Å². The van der Waals surface area contributed by atoms with Crippen LogP contribution in [0.3, 0.4) is 0 Å². The molecule has 1 aromatic carbocycles. The van der Waals surface area contributed by atoms with E-state index in [0.717, 1.165) is 0 Å². The quantitative estimate of drug-likeness (QED) is 0.809. The molecule has 2 N–H and O–H groups in total. The number of rotatable bonds is 6. The van der Waals surface area contributed by atoms with Gasteiger partial charge < -0.3 is 15.4 Å². The molecule has 2 rings (SSSR count). The van der Waals surface area contributed by atoms with Crippen molar-refractivity contribution in [3.8, 4) is 5.75 Å². The topological polar surface area (TPSA) is 92.9 Å². The Kier molecular flexibility index (Phi) is 5.84. The second-order valence-electron chi connectivity index (χ2n) is 5.78. The van der Waals surface area contributed by atoms with Gasteiger partial charge >= 0.3 is 0 Å². The molecule has 0 spiro atoms. The molecule has 1 aliphatic rings. The zero-order valence-corrected chi connectivity index (χ0v) is 15.1. The van der Waals surface area contributed by atoms with E-state index >= 15 is 0 Å². The number of sulfonamides is 1. The molecule has 0 aliphatic carbocycles. The van der Waals surface area contributed by atoms with Crippen molar-refractivity contribution in [2.45, 2.75) is 37.2 Å². The van der Waals surface area contributed by atoms with E-state index in [9.17, 15) is 13.2 Å². The summed E-state index contributed by atoms with van der Waals surface area (Å²) in [5.41, 5.74) is 5.97. The number of likely N-dealkylation sites (N-methyl/N-ethyl adjacent to an activating group) is 1. The lowest BCUT2D eigenvalue weighted by Crippen LogP contribution is -2.47. The summed E-state index contributed by atoms with van der Waals surface area (Å²) in [4.78, 5) is 14.4. The summed E-state index contributed by atoms with van der Waals surface area (Å²) in [6.45, 7) is 4.95. The Labute approximate surface area is 143 Å². The van der Waals surface area contributed by atoms with E-state index < -0.39 is 16.1 Å². The molecule has 1 saturated heterocycles. The molecule has 0 aromatic heterocycles. The first kappa shape index (κ1) is 18.7. The van der Waals surface area contributed by atoms with Gasteiger partial charge in [0.2, 0.25) is 15.9 Å². The Morgan fingerprint density at radius 2 is 2.04 bits per heavy atom. The van der Waals surface area contributed by atoms with Gasteiger partial charge in [0.1, 0.15) is 11.8 Å². The van der Waals surface area contributed by atoms with Gasteiger partial charge in [-0.1, -0.05) is 6.07 Å². The number of hydrogen-bond donors (Lipinski definition) is 1. The summed E-state index contributed by atoms with van der Waals surface area (Å²) < 4.78 is 32.3. The normalized spacial score (nSPS) is 21.7. The number of carbonyl (C=O) groups is 1. The second-order valence-corrected chi connectivity index (χ2v) is 7.67. The molecule has 0 bridgehead atoms. The zero-order valence-electron chi connectivity index (χ0n) is 14.3. The summed E-state index contributed by atoms with van der Waals surface area (Å²) in [6.07, 6.45) is 0.332. The highest BCUT2D eigenvalue weighted by molar-refractivity contribution is 7.89. The highest BCUT2D eigenvalue weighted by Crippen LogP contribution is 2.28. The van der Waals surface area contributed by atoms with Crippen molar-refractivity contribution in [3.05, 3.63) is 24.3 Å². The summed E-state index contributed by atoms with van der Waals surface area (Å²) in [5, 5.41) is 0. The monoisotopic (exact) mass is 355 g/mol. The first-order valence-electron chi connectivity index (χ1n) is 8.05. The fraction of sp³-hybridized carbons (Fsp3) is 0.562. The Morgan fingerprint density at radius 1 is 1.38 bits per heavy atom. The average Bonchev–Trinajstić information content (AvgIpc) is 2.98. The van der Waals surface area contributed by atoms with Gasteiger partial charge in [0.25, 0.3) is 0 Å². The van der Waals surface area contributed by atoms with Crippen LogP contribution < -0.4 is 10.5 Å². The third-order valence-electron chi connectivity index (χ3n) is 4.30. The smallest absolute Gasteiger partial charge is 0.243 e. The van der Waals surface area contributed by atoms with Crippen LogP contribution in [0, 0.1) is 0 Å². The van der Waals surface area contributed by atoms with E-state index in [1.165, 1.54) is 23.5 Å². The van der Waals surface area contributed by atoms with E-state index in [1.807, 2.05) is 13.8 Å². The van der Waals surface area contributed by atoms with Crippen LogP contribution in [0.4, 0.5) is 0 Å². The van der Waals surface area contributed by atoms with Crippen molar-refractivity contribution >= 4 is 15.9 Å². The molecule has 0 radical (unpaired) electrons. The van der Waals surface area contributed by atoms with Crippen LogP contribution in [0.5, 0.6) is 5.75 Å². The predicted molar refractivity (Wildman–Crippen MR) is 91.2 cm³/mol. The van der Waals surface area contributed by atoms with Crippen LogP contribution in [0.25, 0.3) is 0 Å². The van der Waals surface area contributed by atoms with Gasteiger partial charge in [-0.05, 0) is 32.4 Å². The van der Waals surface area contributed by atoms with Crippen LogP contribution in [-0.2, 0) is 14.8 Å². The number of amides is 1. The molecule has 1 aromatic rings. The lowest BCUT2D eigenvalue weighted by molar-refractivity contribution is -0.134. The van der Waals surface area contributed by atoms with Crippen LogP contribution >= 0.6 is 0 Å². The minimum atomic E-state index is -3.82. The number of benzene rings is 1. The molecule has 2 atom stereocenters. The maximum Gasteiger partial charge on any atom is 0.243 e. The maximum absolute atomic E-state index is 13.0. The highest BCUT2D eigenvalue weighted by Gasteiger charge is 2.43. The highest BCUT2D eigenvalue weighted by atomic mass is 32.2. The average molecular weight is 355 g/mol. The van der Waals surface area contributed by atoms with Gasteiger partial charge in [-0.15, -0.1) is 0 Å². The van der Waals surface area contributed by atoms with E-state index in [-0.39, 0.29) is 23.4 Å². The maximum atomic E-state index is 13.0. The number of carbonyl (C=O) groups excluding carboxylic acids is 1. The van der Waals surface area contributed by atoms with Gasteiger partial charge in [-0.2, -0.15) is 4.31 Å². The van der Waals surface area contributed by atoms with E-state index in [2.05, 4.69) is 0 Å². The molecule has 0 saturated carbocycles. The third kappa shape index (κ3) is 3.55. The van der Waals surface area contributed by atoms with Crippen molar-refractivity contribution in [1.82, 2.24) is 9.21 Å². The molecule has 8 heteroatoms. The molecule has 1 aliphatic heterocycles. The van der Waals surface area contributed by atoms with Gasteiger partial charge in [-0.3, -0.25) is 4.79 Å². The molecule has 1 fully saturated rings. The number of hydrogen-bond acceptors (Lipinski definition) is 5. The molecule has 0 unspecified atom stereocenters. The lowest BCUT2D eigenvalue weighted by atomic mass is 10.1. The molecule has 24 heavy (non-hydrogen) atoms. The summed E-state index contributed by atoms with van der Waals surface area (Å²) in [7, 11) is -2.35. The zero-order chi connectivity index (χ0) is 17.9. The summed E-state index contributed by atoms with van der Waals surface area (Å²) in [5.74, 6) is 0.255. The Hall–Kier alpha value is -1.64. The fourth-order valence-corrected chi connectivity index (χ4v) is 4.66. The SMILES string of the molecule is CCN(CC)C(=O)[C@@H]1C[C@H](N)CN1S(=O)(=O)c1cccc(OC)c1. The number of nitrogens with zero attached hydrogens (tertiary/aromatic N) is 2. The minimum Gasteiger partial charge on any atom is -0.497 e. The number of ether oxygens (including phenoxy) is 1. The predicted octanol–water partition coefficient (Wildman–Crippen LogP) is 0.654. The van der Waals surface area contributed by atoms with Gasteiger partial charge in [-0.25, -0.2) is 8.42 Å². The van der Waals surface area contributed by atoms with Crippen LogP contribution in [0.15, 0.2) is 29.2 Å². The Bertz CT molecular complexity index is 688. The Morgan fingerprint density at radius 3 is 2.62 bits per heavy atom. The standard InChI is InChI=1S/C16H25N3O4S/c1-4-18(5-2)16(20)15-9-12(17)11-19(15)24(21,22)14-8-6-7-13(10-14)23-3/h6-8,10,12,15H,4-5,9,11,17H2,1-3H3/t12-,15-/m0/s1. The summed E-state index contributed by atoms with van der Waals surface area (Å²) in [6, 6.07) is 5.14. The molecular formula is C16H25N3O4S. The number of nitrogens with two attached hydrogens (primary N) is 1. The molecular weight excluding hydrogens is 330 g/mol. The van der Waals surface area contributed by atoms with Gasteiger partial charge in [0.15, 0.2) is 0 Å². The van der Waals surface area contributed by atoms with E-state index in [1.54, 1.807) is 17.0 Å². The van der Waals surface area contributed by atoms with Crippen LogP contribution in [-0.4, -0.2) is 62.4 Å². The van der Waals surface area contributed by atoms with Crippen molar-refractivity contribution in [2.75, 3.05) is 26.7 Å². The van der Waals surface area contributed by atoms with Crippen molar-refractivity contribution in [2.24, 2.45) is 5.73 Å². The second kappa shape index (κ2) is 7.50. The van der Waals surface area contributed by atoms with Crippen LogP contribution in [0.2, 0.25) is 0 Å². The largest absolute Gasteiger partial charge is 0.497 e. The minimum absolute atomic E-state index is 0.105. The lowest BCUT2D eigenvalue weighted by Gasteiger charge is -2.28. The first-order chi connectivity index (χ1) is 11.3. The summed E-state index contributed by atoms with van der Waals surface area (Å²) >= 11 is 0. The van der Waals surface area contributed by atoms with Gasteiger partial charge in [0.05, 0.1) is 12.0 Å². The fourth-order valence-electron chi connectivity index (χ4n) is 2.97. The van der Waals surface area contributed by atoms with Crippen LogP contribution in [0.1, 0.15) is 20.3 Å². The van der Waals surface area contributed by atoms with E-state index in [0.29, 0.717) is 25.3 Å². The van der Waals surface area contributed by atoms with Gasteiger partial charge in [0, 0.05) is 31.7 Å².